The molecule has 3 rings (SSSR count). The number of benzene rings is 1. The third-order valence-corrected chi connectivity index (χ3v) is 7.21. The van der Waals surface area contributed by atoms with Gasteiger partial charge in [-0.25, -0.2) is 13.1 Å². The maximum Gasteiger partial charge on any atom is 0.241 e. The Bertz CT molecular complexity index is 772. The molecule has 2 saturated carbocycles. The number of aryl methyl sites for hydroxylation is 1. The Kier molecular flexibility index (Phi) is 7.30. The molecule has 0 aromatic heterocycles. The largest absolute Gasteiger partial charge is 0.330 e. The van der Waals surface area contributed by atoms with Gasteiger partial charge in [-0.05, 0) is 62.3 Å². The van der Waals surface area contributed by atoms with E-state index in [0.29, 0.717) is 24.2 Å². The summed E-state index contributed by atoms with van der Waals surface area (Å²) in [7, 11) is -3.55. The van der Waals surface area contributed by atoms with Gasteiger partial charge >= 0.3 is 0 Å². The molecule has 0 spiro atoms. The standard InChI is InChI=1S/C19H29N3O3S.ClH/c1-14-5-6-16(11-17(14)26(24,25)22-15-7-8-15)21-18(23)12-19(13-20)9-3-2-4-10-19;/h5-6,11,15,22H,2-4,7-10,12-13,20H2,1H3,(H,21,23);1H. The fraction of sp³-hybridized carbons (Fsp3) is 0.632. The van der Waals surface area contributed by atoms with Crippen LogP contribution in [0.4, 0.5) is 5.69 Å². The van der Waals surface area contributed by atoms with Crippen LogP contribution in [-0.2, 0) is 14.8 Å². The van der Waals surface area contributed by atoms with E-state index in [1.807, 2.05) is 0 Å². The van der Waals surface area contributed by atoms with Crippen LogP contribution in [0, 0.1) is 12.3 Å². The van der Waals surface area contributed by atoms with Gasteiger partial charge in [-0.15, -0.1) is 12.4 Å². The number of hydrogen-bond donors (Lipinski definition) is 3. The van der Waals surface area contributed by atoms with Crippen molar-refractivity contribution in [3.05, 3.63) is 23.8 Å². The van der Waals surface area contributed by atoms with Crippen LogP contribution >= 0.6 is 12.4 Å². The van der Waals surface area contributed by atoms with E-state index < -0.39 is 10.0 Å². The van der Waals surface area contributed by atoms with Gasteiger partial charge in [0.25, 0.3) is 0 Å². The Hall–Kier alpha value is -1.15. The van der Waals surface area contributed by atoms with Crippen LogP contribution in [0.2, 0.25) is 0 Å². The Labute approximate surface area is 168 Å². The number of carbonyl (C=O) groups excluding carboxylic acids is 1. The number of hydrogen-bond acceptors (Lipinski definition) is 4. The number of sulfonamides is 1. The van der Waals surface area contributed by atoms with Crippen molar-refractivity contribution in [2.45, 2.75) is 69.2 Å². The Balaban J connectivity index is 0.00000261. The molecule has 0 radical (unpaired) electrons. The Morgan fingerprint density at radius 2 is 1.89 bits per heavy atom. The summed E-state index contributed by atoms with van der Waals surface area (Å²) >= 11 is 0. The van der Waals surface area contributed by atoms with Crippen LogP contribution in [-0.4, -0.2) is 26.9 Å². The van der Waals surface area contributed by atoms with Gasteiger partial charge in [-0.3, -0.25) is 4.79 Å². The van der Waals surface area contributed by atoms with Crippen LogP contribution in [0.1, 0.15) is 56.9 Å². The number of amides is 1. The predicted octanol–water partition coefficient (Wildman–Crippen LogP) is 3.10. The number of halogens is 1. The van der Waals surface area contributed by atoms with Gasteiger partial charge in [0.15, 0.2) is 0 Å². The molecular weight excluding hydrogens is 386 g/mol. The van der Waals surface area contributed by atoms with E-state index in [0.717, 1.165) is 38.5 Å². The predicted molar refractivity (Wildman–Crippen MR) is 110 cm³/mol. The maximum absolute atomic E-state index is 12.5. The summed E-state index contributed by atoms with van der Waals surface area (Å²) in [5.74, 6) is -0.0975. The SMILES string of the molecule is Cc1ccc(NC(=O)CC2(CN)CCCCC2)cc1S(=O)(=O)NC1CC1.Cl. The van der Waals surface area contributed by atoms with E-state index >= 15 is 0 Å². The summed E-state index contributed by atoms with van der Waals surface area (Å²) < 4.78 is 27.7. The number of carbonyl (C=O) groups is 1. The summed E-state index contributed by atoms with van der Waals surface area (Å²) in [6.45, 7) is 2.28. The molecule has 2 aliphatic rings. The first-order valence-electron chi connectivity index (χ1n) is 9.46. The smallest absolute Gasteiger partial charge is 0.241 e. The number of anilines is 1. The zero-order chi connectivity index (χ0) is 18.8. The van der Waals surface area contributed by atoms with Crippen molar-refractivity contribution in [3.63, 3.8) is 0 Å². The summed E-state index contributed by atoms with van der Waals surface area (Å²) in [4.78, 5) is 12.8. The molecule has 1 aromatic carbocycles. The first-order chi connectivity index (χ1) is 12.3. The second-order valence-corrected chi connectivity index (χ2v) is 9.55. The lowest BCUT2D eigenvalue weighted by atomic mass is 9.71. The lowest BCUT2D eigenvalue weighted by Gasteiger charge is -2.35. The van der Waals surface area contributed by atoms with Gasteiger partial charge in [0.05, 0.1) is 4.90 Å². The normalized spacial score (nSPS) is 19.2. The summed E-state index contributed by atoms with van der Waals surface area (Å²) in [6.07, 6.45) is 7.56. The van der Waals surface area contributed by atoms with Crippen LogP contribution in [0.3, 0.4) is 0 Å². The van der Waals surface area contributed by atoms with Crippen molar-refractivity contribution in [1.82, 2.24) is 4.72 Å². The number of rotatable bonds is 7. The van der Waals surface area contributed by atoms with Gasteiger partial charge in [-0.1, -0.05) is 25.3 Å². The first-order valence-corrected chi connectivity index (χ1v) is 10.9. The van der Waals surface area contributed by atoms with E-state index in [9.17, 15) is 13.2 Å². The average Bonchev–Trinajstić information content (AvgIpc) is 3.40. The van der Waals surface area contributed by atoms with Gasteiger partial charge < -0.3 is 11.1 Å². The van der Waals surface area contributed by atoms with E-state index in [4.69, 9.17) is 5.73 Å². The van der Waals surface area contributed by atoms with Crippen molar-refractivity contribution in [1.29, 1.82) is 0 Å². The molecule has 0 bridgehead atoms. The molecule has 0 heterocycles. The highest BCUT2D eigenvalue weighted by atomic mass is 35.5. The Morgan fingerprint density at radius 1 is 1.22 bits per heavy atom. The molecule has 4 N–H and O–H groups in total. The molecule has 0 unspecified atom stereocenters. The molecule has 27 heavy (non-hydrogen) atoms. The molecule has 0 atom stereocenters. The third-order valence-electron chi connectivity index (χ3n) is 5.54. The van der Waals surface area contributed by atoms with Gasteiger partial charge in [0.2, 0.25) is 15.9 Å². The van der Waals surface area contributed by atoms with E-state index in [1.54, 1.807) is 25.1 Å². The first kappa shape index (κ1) is 22.1. The van der Waals surface area contributed by atoms with Crippen molar-refractivity contribution in [2.24, 2.45) is 11.1 Å². The van der Waals surface area contributed by atoms with Crippen molar-refractivity contribution in [3.8, 4) is 0 Å². The molecule has 1 amide bonds. The minimum absolute atomic E-state index is 0. The molecule has 6 nitrogen and oxygen atoms in total. The molecule has 2 aliphatic carbocycles. The quantitative estimate of drug-likeness (QED) is 0.636. The molecule has 1 aromatic rings. The lowest BCUT2D eigenvalue weighted by Crippen LogP contribution is -2.36. The summed E-state index contributed by atoms with van der Waals surface area (Å²) in [5, 5.41) is 2.87. The van der Waals surface area contributed by atoms with E-state index in [1.165, 1.54) is 6.42 Å². The van der Waals surface area contributed by atoms with Crippen LogP contribution < -0.4 is 15.8 Å². The topological polar surface area (TPSA) is 101 Å². The van der Waals surface area contributed by atoms with Crippen molar-refractivity contribution in [2.75, 3.05) is 11.9 Å². The zero-order valence-corrected chi connectivity index (χ0v) is 17.4. The monoisotopic (exact) mass is 415 g/mol. The highest BCUT2D eigenvalue weighted by Gasteiger charge is 2.33. The number of nitrogens with one attached hydrogen (secondary N) is 2. The summed E-state index contributed by atoms with van der Waals surface area (Å²) in [5.41, 5.74) is 7.03. The van der Waals surface area contributed by atoms with Crippen LogP contribution in [0.5, 0.6) is 0 Å². The molecule has 2 fully saturated rings. The minimum Gasteiger partial charge on any atom is -0.330 e. The van der Waals surface area contributed by atoms with Crippen LogP contribution in [0.25, 0.3) is 0 Å². The fourth-order valence-corrected chi connectivity index (χ4v) is 5.33. The molecule has 0 saturated heterocycles. The average molecular weight is 416 g/mol. The Morgan fingerprint density at radius 3 is 2.48 bits per heavy atom. The summed E-state index contributed by atoms with van der Waals surface area (Å²) in [6, 6.07) is 5.08. The van der Waals surface area contributed by atoms with Gasteiger partial charge in [0, 0.05) is 18.2 Å². The zero-order valence-electron chi connectivity index (χ0n) is 15.8. The van der Waals surface area contributed by atoms with Crippen molar-refractivity contribution < 1.29 is 13.2 Å². The van der Waals surface area contributed by atoms with E-state index in [2.05, 4.69) is 10.0 Å². The second kappa shape index (κ2) is 8.90. The molecule has 152 valence electrons. The van der Waals surface area contributed by atoms with Crippen LogP contribution in [0.15, 0.2) is 23.1 Å². The van der Waals surface area contributed by atoms with Crippen molar-refractivity contribution >= 4 is 34.0 Å². The lowest BCUT2D eigenvalue weighted by molar-refractivity contribution is -0.118. The molecule has 0 aliphatic heterocycles. The second-order valence-electron chi connectivity index (χ2n) is 7.87. The molecule has 8 heteroatoms. The minimum atomic E-state index is -3.55. The van der Waals surface area contributed by atoms with Gasteiger partial charge in [0.1, 0.15) is 0 Å². The van der Waals surface area contributed by atoms with Gasteiger partial charge in [-0.2, -0.15) is 0 Å². The third kappa shape index (κ3) is 5.67. The molecular formula is C19H30ClN3O3S. The highest BCUT2D eigenvalue weighted by molar-refractivity contribution is 7.89. The maximum atomic E-state index is 12.5. The number of nitrogens with two attached hydrogens (primary N) is 1. The highest BCUT2D eigenvalue weighted by Crippen LogP contribution is 2.38. The van der Waals surface area contributed by atoms with E-state index in [-0.39, 0.29) is 34.7 Å². The fourth-order valence-electron chi connectivity index (χ4n) is 3.75.